The molecule has 0 unspecified atom stereocenters. The van der Waals surface area contributed by atoms with Gasteiger partial charge in [-0.05, 0) is 36.5 Å². The van der Waals surface area contributed by atoms with Crippen molar-refractivity contribution in [2.24, 2.45) is 0 Å². The van der Waals surface area contributed by atoms with Gasteiger partial charge in [-0.1, -0.05) is 30.3 Å². The van der Waals surface area contributed by atoms with E-state index < -0.39 is 6.17 Å². The van der Waals surface area contributed by atoms with Crippen molar-refractivity contribution < 1.29 is 9.13 Å². The smallest absolute Gasteiger partial charge is 0.142 e. The van der Waals surface area contributed by atoms with E-state index in [-0.39, 0.29) is 6.10 Å². The number of H-pyrrole nitrogens is 1. The van der Waals surface area contributed by atoms with E-state index in [1.54, 1.807) is 7.11 Å². The Hall–Kier alpha value is -2.73. The van der Waals surface area contributed by atoms with Gasteiger partial charge >= 0.3 is 0 Å². The first kappa shape index (κ1) is 18.3. The number of aromatic amines is 1. The van der Waals surface area contributed by atoms with Crippen LogP contribution in [0.2, 0.25) is 0 Å². The summed E-state index contributed by atoms with van der Waals surface area (Å²) in [6.07, 6.45) is 4.50. The minimum Gasteiger partial charge on any atom is -0.381 e. The van der Waals surface area contributed by atoms with Crippen molar-refractivity contribution in [3.05, 3.63) is 54.0 Å². The summed E-state index contributed by atoms with van der Waals surface area (Å²) in [5.74, 6) is 1.62. The SMILES string of the molecule is CO[C@H]1CCc2nc(-c3c(-c4ccccc4)ccnc3N3CC[C@H](F)C3)[nH]c2C1. The van der Waals surface area contributed by atoms with Crippen LogP contribution in [0.15, 0.2) is 42.6 Å². The average molecular weight is 392 g/mol. The van der Waals surface area contributed by atoms with Crippen molar-refractivity contribution in [1.82, 2.24) is 15.0 Å². The second-order valence-electron chi connectivity index (χ2n) is 7.87. The number of anilines is 1. The Labute approximate surface area is 170 Å². The number of nitrogens with zero attached hydrogens (tertiary/aromatic N) is 3. The van der Waals surface area contributed by atoms with E-state index in [4.69, 9.17) is 9.72 Å². The number of rotatable bonds is 4. The number of pyridine rings is 1. The molecule has 0 radical (unpaired) electrons. The maximum absolute atomic E-state index is 14.0. The van der Waals surface area contributed by atoms with Crippen molar-refractivity contribution >= 4 is 5.82 Å². The van der Waals surface area contributed by atoms with Gasteiger partial charge in [0.2, 0.25) is 0 Å². The van der Waals surface area contributed by atoms with Gasteiger partial charge in [0, 0.05) is 32.0 Å². The lowest BCUT2D eigenvalue weighted by Crippen LogP contribution is -2.22. The van der Waals surface area contributed by atoms with E-state index in [1.165, 1.54) is 0 Å². The highest BCUT2D eigenvalue weighted by atomic mass is 19.1. The van der Waals surface area contributed by atoms with Gasteiger partial charge in [0.15, 0.2) is 0 Å². The first-order valence-electron chi connectivity index (χ1n) is 10.3. The molecule has 3 aromatic rings. The summed E-state index contributed by atoms with van der Waals surface area (Å²) in [7, 11) is 1.76. The zero-order valence-corrected chi connectivity index (χ0v) is 16.6. The Balaban J connectivity index is 1.65. The summed E-state index contributed by atoms with van der Waals surface area (Å²) in [6, 6.07) is 12.3. The highest BCUT2D eigenvalue weighted by molar-refractivity contribution is 5.88. The molecule has 1 aromatic carbocycles. The van der Waals surface area contributed by atoms with Crippen LogP contribution in [0.25, 0.3) is 22.5 Å². The molecule has 6 heteroatoms. The number of methoxy groups -OCH3 is 1. The molecule has 2 aliphatic rings. The molecule has 0 bridgehead atoms. The monoisotopic (exact) mass is 392 g/mol. The van der Waals surface area contributed by atoms with Crippen LogP contribution in [0, 0.1) is 0 Å². The number of halogens is 1. The molecule has 2 aromatic heterocycles. The summed E-state index contributed by atoms with van der Waals surface area (Å²) in [5.41, 5.74) is 5.36. The number of aryl methyl sites for hydroxylation is 1. The standard InChI is InChI=1S/C23H25FN4O/c1-29-17-7-8-19-20(13-17)27-22(26-19)21-18(15-5-3-2-4-6-15)9-11-25-23(21)28-12-10-16(24)14-28/h2-6,9,11,16-17H,7-8,10,12-14H2,1H3,(H,26,27)/t16-,17-/m0/s1. The minimum atomic E-state index is -0.808. The molecule has 0 amide bonds. The molecule has 5 rings (SSSR count). The van der Waals surface area contributed by atoms with Gasteiger partial charge in [-0.3, -0.25) is 0 Å². The van der Waals surface area contributed by atoms with Crippen molar-refractivity contribution in [1.29, 1.82) is 0 Å². The van der Waals surface area contributed by atoms with E-state index in [0.717, 1.165) is 59.0 Å². The lowest BCUT2D eigenvalue weighted by Gasteiger charge is -2.21. The molecule has 0 spiro atoms. The number of hydrogen-bond acceptors (Lipinski definition) is 4. The molecule has 1 aliphatic heterocycles. The Bertz CT molecular complexity index is 1000. The van der Waals surface area contributed by atoms with Crippen molar-refractivity contribution in [3.8, 4) is 22.5 Å². The second-order valence-corrected chi connectivity index (χ2v) is 7.87. The fourth-order valence-corrected chi connectivity index (χ4v) is 4.46. The van der Waals surface area contributed by atoms with Crippen molar-refractivity contribution in [2.45, 2.75) is 38.0 Å². The van der Waals surface area contributed by atoms with E-state index in [9.17, 15) is 4.39 Å². The van der Waals surface area contributed by atoms with Crippen LogP contribution in [0.3, 0.4) is 0 Å². The molecule has 5 nitrogen and oxygen atoms in total. The second kappa shape index (κ2) is 7.59. The highest BCUT2D eigenvalue weighted by Gasteiger charge is 2.29. The Morgan fingerprint density at radius 3 is 2.79 bits per heavy atom. The molecule has 0 saturated carbocycles. The highest BCUT2D eigenvalue weighted by Crippen LogP contribution is 2.39. The summed E-state index contributed by atoms with van der Waals surface area (Å²) in [5, 5.41) is 0. The first-order valence-corrected chi connectivity index (χ1v) is 10.3. The number of alkyl halides is 1. The summed E-state index contributed by atoms with van der Waals surface area (Å²) in [4.78, 5) is 15.2. The van der Waals surface area contributed by atoms with Gasteiger partial charge < -0.3 is 14.6 Å². The number of imidazole rings is 1. The summed E-state index contributed by atoms with van der Waals surface area (Å²) in [6.45, 7) is 1.05. The van der Waals surface area contributed by atoms with Gasteiger partial charge in [0.05, 0.1) is 23.9 Å². The average Bonchev–Trinajstić information content (AvgIpc) is 3.39. The Morgan fingerprint density at radius 1 is 1.17 bits per heavy atom. The molecule has 29 heavy (non-hydrogen) atoms. The molecule has 2 atom stereocenters. The largest absolute Gasteiger partial charge is 0.381 e. The quantitative estimate of drug-likeness (QED) is 0.723. The normalized spacial score (nSPS) is 21.4. The summed E-state index contributed by atoms with van der Waals surface area (Å²) < 4.78 is 19.5. The number of ether oxygens (including phenoxy) is 1. The maximum atomic E-state index is 14.0. The van der Waals surface area contributed by atoms with Gasteiger partial charge in [-0.2, -0.15) is 0 Å². The molecular formula is C23H25FN4O. The Kier molecular flexibility index (Phi) is 4.79. The van der Waals surface area contributed by atoms with Crippen LogP contribution in [-0.2, 0) is 17.6 Å². The molecule has 1 fully saturated rings. The third-order valence-corrected chi connectivity index (χ3v) is 6.02. The van der Waals surface area contributed by atoms with Gasteiger partial charge in [0.25, 0.3) is 0 Å². The topological polar surface area (TPSA) is 54.0 Å². The van der Waals surface area contributed by atoms with Gasteiger partial charge in [-0.25, -0.2) is 14.4 Å². The predicted molar refractivity (Wildman–Crippen MR) is 112 cm³/mol. The van der Waals surface area contributed by atoms with Gasteiger partial charge in [-0.15, -0.1) is 0 Å². The molecule has 3 heterocycles. The van der Waals surface area contributed by atoms with Crippen molar-refractivity contribution in [2.75, 3.05) is 25.1 Å². The molecule has 1 aliphatic carbocycles. The summed E-state index contributed by atoms with van der Waals surface area (Å²) >= 11 is 0. The Morgan fingerprint density at radius 2 is 2.03 bits per heavy atom. The van der Waals surface area contributed by atoms with Gasteiger partial charge in [0.1, 0.15) is 17.8 Å². The predicted octanol–water partition coefficient (Wildman–Crippen LogP) is 4.19. The lowest BCUT2D eigenvalue weighted by atomic mass is 9.98. The number of fused-ring (bicyclic) bond motifs is 1. The maximum Gasteiger partial charge on any atom is 0.142 e. The van der Waals surface area contributed by atoms with E-state index in [1.807, 2.05) is 35.4 Å². The third-order valence-electron chi connectivity index (χ3n) is 6.02. The van der Waals surface area contributed by atoms with E-state index >= 15 is 0 Å². The van der Waals surface area contributed by atoms with Crippen LogP contribution in [0.1, 0.15) is 24.2 Å². The van der Waals surface area contributed by atoms with E-state index in [0.29, 0.717) is 19.5 Å². The number of benzene rings is 1. The molecular weight excluding hydrogens is 367 g/mol. The molecule has 1 saturated heterocycles. The van der Waals surface area contributed by atoms with Crippen LogP contribution < -0.4 is 4.90 Å². The van der Waals surface area contributed by atoms with E-state index in [2.05, 4.69) is 22.1 Å². The fraction of sp³-hybridized carbons (Fsp3) is 0.391. The number of nitrogens with one attached hydrogen (secondary N) is 1. The number of hydrogen-bond donors (Lipinski definition) is 1. The third kappa shape index (κ3) is 3.42. The fourth-order valence-electron chi connectivity index (χ4n) is 4.46. The van der Waals surface area contributed by atoms with Crippen LogP contribution in [0.4, 0.5) is 10.2 Å². The molecule has 1 N–H and O–H groups in total. The first-order chi connectivity index (χ1) is 14.2. The molecule has 150 valence electrons. The van der Waals surface area contributed by atoms with Crippen molar-refractivity contribution in [3.63, 3.8) is 0 Å². The minimum absolute atomic E-state index is 0.226. The van der Waals surface area contributed by atoms with Crippen LogP contribution >= 0.6 is 0 Å². The zero-order chi connectivity index (χ0) is 19.8. The number of aromatic nitrogens is 3. The van der Waals surface area contributed by atoms with Crippen LogP contribution in [0.5, 0.6) is 0 Å². The lowest BCUT2D eigenvalue weighted by molar-refractivity contribution is 0.0899. The van der Waals surface area contributed by atoms with Crippen LogP contribution in [-0.4, -0.2) is 47.4 Å². The zero-order valence-electron chi connectivity index (χ0n) is 16.6.